The molecule has 242 valence electrons. The summed E-state index contributed by atoms with van der Waals surface area (Å²) in [4.78, 5) is 46.7. The lowest BCUT2D eigenvalue weighted by Gasteiger charge is -2.47. The van der Waals surface area contributed by atoms with E-state index in [1.165, 1.54) is 16.7 Å². The lowest BCUT2D eigenvalue weighted by Crippen LogP contribution is -2.64. The maximum atomic E-state index is 13.6. The molecule has 11 nitrogen and oxygen atoms in total. The van der Waals surface area contributed by atoms with E-state index in [0.717, 1.165) is 18.5 Å². The quantitative estimate of drug-likeness (QED) is 0.301. The van der Waals surface area contributed by atoms with Crippen molar-refractivity contribution in [1.82, 2.24) is 20.1 Å². The number of fused-ring (bicyclic) bond motifs is 3. The molecule has 2 amide bonds. The highest BCUT2D eigenvalue weighted by Gasteiger charge is 2.44. The summed E-state index contributed by atoms with van der Waals surface area (Å²) in [5.41, 5.74) is -4.16. The lowest BCUT2D eigenvalue weighted by molar-refractivity contribution is -0.138. The van der Waals surface area contributed by atoms with E-state index >= 15 is 0 Å². The van der Waals surface area contributed by atoms with Gasteiger partial charge in [-0.15, -0.1) is 0 Å². The van der Waals surface area contributed by atoms with Crippen molar-refractivity contribution in [2.24, 2.45) is 5.92 Å². The predicted molar refractivity (Wildman–Crippen MR) is 147 cm³/mol. The van der Waals surface area contributed by atoms with Gasteiger partial charge in [0.15, 0.2) is 5.82 Å². The number of alkyl halides is 6. The highest BCUT2D eigenvalue weighted by molar-refractivity contribution is 6.05. The van der Waals surface area contributed by atoms with Crippen molar-refractivity contribution in [2.45, 2.75) is 58.0 Å². The first kappa shape index (κ1) is 33.0. The third-order valence-corrected chi connectivity index (χ3v) is 7.32. The van der Waals surface area contributed by atoms with Crippen LogP contribution in [0.1, 0.15) is 44.7 Å². The molecule has 0 unspecified atom stereocenters. The Kier molecular flexibility index (Phi) is 9.75. The molecule has 0 radical (unpaired) electrons. The van der Waals surface area contributed by atoms with E-state index in [1.54, 1.807) is 10.00 Å². The molecule has 2 N–H and O–H groups in total. The number of rotatable bonds is 10. The summed E-state index contributed by atoms with van der Waals surface area (Å²) >= 11 is 0. The van der Waals surface area contributed by atoms with Crippen LogP contribution >= 0.6 is 0 Å². The first-order valence-corrected chi connectivity index (χ1v) is 14.0. The second-order valence-electron chi connectivity index (χ2n) is 11.1. The van der Waals surface area contributed by atoms with Crippen LogP contribution in [0.5, 0.6) is 0 Å². The van der Waals surface area contributed by atoms with Crippen LogP contribution in [0, 0.1) is 5.92 Å². The Bertz CT molecular complexity index is 1410. The maximum Gasteiger partial charge on any atom is 0.423 e. The Morgan fingerprint density at radius 1 is 1.11 bits per heavy atom. The van der Waals surface area contributed by atoms with Gasteiger partial charge in [0.25, 0.3) is 11.5 Å². The second kappa shape index (κ2) is 13.0. The topological polar surface area (TPSA) is 124 Å². The molecule has 0 bridgehead atoms. The highest BCUT2D eigenvalue weighted by Crippen LogP contribution is 2.40. The largest absolute Gasteiger partial charge is 0.423 e. The van der Waals surface area contributed by atoms with E-state index in [4.69, 9.17) is 4.74 Å². The average molecular weight is 634 g/mol. The van der Waals surface area contributed by atoms with Gasteiger partial charge in [-0.1, -0.05) is 13.8 Å². The Hall–Kier alpha value is -3.89. The first-order chi connectivity index (χ1) is 20.6. The summed E-state index contributed by atoms with van der Waals surface area (Å²) in [6.07, 6.45) is -7.45. The van der Waals surface area contributed by atoms with Crippen molar-refractivity contribution in [2.75, 3.05) is 54.5 Å². The Balaban J connectivity index is 1.36. The van der Waals surface area contributed by atoms with E-state index < -0.39 is 52.7 Å². The summed E-state index contributed by atoms with van der Waals surface area (Å²) in [5, 5.41) is 7.69. The fourth-order valence-electron chi connectivity index (χ4n) is 5.09. The minimum Gasteiger partial charge on any atom is -0.379 e. The molecular weight excluding hydrogens is 600 g/mol. The maximum absolute atomic E-state index is 13.6. The van der Waals surface area contributed by atoms with Gasteiger partial charge in [-0.3, -0.25) is 14.4 Å². The minimum atomic E-state index is -4.90. The molecule has 4 heterocycles. The fraction of sp³-hybridized carbons (Fsp3) is 0.593. The van der Waals surface area contributed by atoms with Crippen molar-refractivity contribution in [3.05, 3.63) is 39.9 Å². The van der Waals surface area contributed by atoms with Crippen LogP contribution in [0.2, 0.25) is 0 Å². The molecule has 2 aliphatic rings. The zero-order valence-corrected chi connectivity index (χ0v) is 24.3. The molecule has 17 heteroatoms. The van der Waals surface area contributed by atoms with Crippen molar-refractivity contribution in [1.29, 1.82) is 0 Å². The molecule has 0 aromatic carbocycles. The number of pyridine rings is 1. The second-order valence-corrected chi connectivity index (χ2v) is 11.1. The third kappa shape index (κ3) is 7.42. The number of aromatic nitrogens is 3. The number of carbonyl (C=O) groups is 2. The number of piperazine rings is 1. The van der Waals surface area contributed by atoms with Crippen LogP contribution in [0.3, 0.4) is 0 Å². The molecule has 2 aliphatic heterocycles. The highest BCUT2D eigenvalue weighted by atomic mass is 19.4. The number of H-pyrrole nitrogens is 1. The van der Waals surface area contributed by atoms with Crippen LogP contribution in [0.15, 0.2) is 23.3 Å². The SMILES string of the molecule is CC(C)CCN1C(=O)[C@H]2CN(C(=O)CCOC[C@H](C)Nc3cn[nH]c(=O)c3C(F)(F)F)CCN2c2ncc(C(F)(F)F)cc21. The van der Waals surface area contributed by atoms with Crippen molar-refractivity contribution in [3.8, 4) is 0 Å². The number of anilines is 3. The average Bonchev–Trinajstić information content (AvgIpc) is 2.93. The number of carbonyl (C=O) groups excluding carboxylic acids is 2. The molecule has 0 saturated carbocycles. The number of hydrogen-bond donors (Lipinski definition) is 2. The minimum absolute atomic E-state index is 0.00567. The standard InChI is InChI=1S/C27H33F6N7O4/c1-15(2)4-6-40-19-10-17(26(28,29)30)11-34-23(19)39-8-7-38(13-20(39)25(40)43)21(41)5-9-44-14-16(3)36-18-12-35-37-24(42)22(18)27(31,32)33/h10-12,15-16,20H,4-9,13-14H2,1-3H3,(H2,36,37,42)/t16-,20+/m0/s1. The number of hydrogen-bond acceptors (Lipinski definition) is 8. The predicted octanol–water partition coefficient (Wildman–Crippen LogP) is 3.52. The molecule has 2 aromatic heterocycles. The summed E-state index contributed by atoms with van der Waals surface area (Å²) in [6.45, 7) is 5.84. The molecule has 44 heavy (non-hydrogen) atoms. The van der Waals surface area contributed by atoms with E-state index in [1.807, 2.05) is 13.8 Å². The van der Waals surface area contributed by atoms with Gasteiger partial charge in [-0.25, -0.2) is 10.1 Å². The summed E-state index contributed by atoms with van der Waals surface area (Å²) in [6, 6.07) is -0.551. The first-order valence-electron chi connectivity index (χ1n) is 14.0. The van der Waals surface area contributed by atoms with Gasteiger partial charge in [-0.05, 0) is 25.3 Å². The van der Waals surface area contributed by atoms with Gasteiger partial charge < -0.3 is 24.8 Å². The number of ether oxygens (including phenoxy) is 1. The zero-order chi connectivity index (χ0) is 32.4. The van der Waals surface area contributed by atoms with Crippen LogP contribution in [-0.4, -0.2) is 83.4 Å². The summed E-state index contributed by atoms with van der Waals surface area (Å²) in [5.74, 6) is -0.298. The molecular formula is C27H33F6N7O4. The number of aromatic amines is 1. The van der Waals surface area contributed by atoms with Crippen molar-refractivity contribution in [3.63, 3.8) is 0 Å². The van der Waals surface area contributed by atoms with Gasteiger partial charge >= 0.3 is 12.4 Å². The molecule has 1 saturated heterocycles. The van der Waals surface area contributed by atoms with Gasteiger partial charge in [0, 0.05) is 31.9 Å². The molecule has 2 atom stereocenters. The monoisotopic (exact) mass is 633 g/mol. The van der Waals surface area contributed by atoms with Crippen LogP contribution < -0.4 is 20.7 Å². The van der Waals surface area contributed by atoms with E-state index in [2.05, 4.69) is 15.4 Å². The zero-order valence-electron chi connectivity index (χ0n) is 24.3. The van der Waals surface area contributed by atoms with E-state index in [0.29, 0.717) is 6.42 Å². The van der Waals surface area contributed by atoms with Crippen LogP contribution in [0.4, 0.5) is 43.5 Å². The smallest absolute Gasteiger partial charge is 0.379 e. The molecule has 0 aliphatic carbocycles. The van der Waals surface area contributed by atoms with Gasteiger partial charge in [0.2, 0.25) is 5.91 Å². The van der Waals surface area contributed by atoms with Crippen LogP contribution in [0.25, 0.3) is 0 Å². The number of halogens is 6. The molecule has 1 fully saturated rings. The molecule has 2 aromatic rings. The Labute approximate surface area is 248 Å². The van der Waals surface area contributed by atoms with E-state index in [9.17, 15) is 40.7 Å². The fourth-order valence-corrected chi connectivity index (χ4v) is 5.09. The summed E-state index contributed by atoms with van der Waals surface area (Å²) < 4.78 is 85.6. The van der Waals surface area contributed by atoms with Gasteiger partial charge in [0.1, 0.15) is 11.6 Å². The molecule has 4 rings (SSSR count). The van der Waals surface area contributed by atoms with E-state index in [-0.39, 0.29) is 69.1 Å². The van der Waals surface area contributed by atoms with Crippen molar-refractivity contribution < 1.29 is 40.7 Å². The Morgan fingerprint density at radius 2 is 1.84 bits per heavy atom. The third-order valence-electron chi connectivity index (χ3n) is 7.32. The molecule has 0 spiro atoms. The van der Waals surface area contributed by atoms with Gasteiger partial charge in [-0.2, -0.15) is 31.4 Å². The number of nitrogens with zero attached hydrogens (tertiary/aromatic N) is 5. The number of nitrogens with one attached hydrogen (secondary N) is 2. The number of amides is 2. The van der Waals surface area contributed by atoms with Crippen molar-refractivity contribution >= 4 is 29.0 Å². The summed E-state index contributed by atoms with van der Waals surface area (Å²) in [7, 11) is 0. The Morgan fingerprint density at radius 3 is 2.50 bits per heavy atom. The van der Waals surface area contributed by atoms with Gasteiger partial charge in [0.05, 0.1) is 49.3 Å². The normalized spacial score (nSPS) is 17.9. The lowest BCUT2D eigenvalue weighted by atomic mass is 10.0. The van der Waals surface area contributed by atoms with Crippen LogP contribution in [-0.2, 0) is 26.7 Å².